The quantitative estimate of drug-likeness (QED) is 0.242. The number of ether oxygens (including phenoxy) is 1. The lowest BCUT2D eigenvalue weighted by Gasteiger charge is -2.32. The first-order chi connectivity index (χ1) is 19.2. The van der Waals surface area contributed by atoms with Gasteiger partial charge in [0.2, 0.25) is 11.8 Å². The summed E-state index contributed by atoms with van der Waals surface area (Å²) in [6, 6.07) is 21.2. The Morgan fingerprint density at radius 1 is 0.950 bits per heavy atom. The SMILES string of the molecule is CCCCNC(=O)[C@@H](C)N(Cc1ccc(Br)cc1)C(=O)CN(c1ccccc1)S(=O)(=O)c1ccc(OCC)cc1. The summed E-state index contributed by atoms with van der Waals surface area (Å²) >= 11 is 3.42. The lowest BCUT2D eigenvalue weighted by Crippen LogP contribution is -2.51. The molecule has 0 heterocycles. The first kappa shape index (κ1) is 31.2. The van der Waals surface area contributed by atoms with Gasteiger partial charge < -0.3 is 15.0 Å². The van der Waals surface area contributed by atoms with Crippen LogP contribution < -0.4 is 14.4 Å². The van der Waals surface area contributed by atoms with Crippen molar-refractivity contribution in [2.75, 3.05) is 24.0 Å². The molecule has 8 nitrogen and oxygen atoms in total. The number of carbonyl (C=O) groups excluding carboxylic acids is 2. The Morgan fingerprint density at radius 2 is 1.60 bits per heavy atom. The highest BCUT2D eigenvalue weighted by Gasteiger charge is 2.32. The Kier molecular flexibility index (Phi) is 11.6. The van der Waals surface area contributed by atoms with Gasteiger partial charge in [0, 0.05) is 17.6 Å². The van der Waals surface area contributed by atoms with E-state index in [4.69, 9.17) is 4.74 Å². The third-order valence-corrected chi connectivity index (χ3v) is 8.63. The van der Waals surface area contributed by atoms with E-state index < -0.39 is 28.5 Å². The largest absolute Gasteiger partial charge is 0.494 e. The van der Waals surface area contributed by atoms with Crippen LogP contribution in [0.4, 0.5) is 5.69 Å². The van der Waals surface area contributed by atoms with Crippen LogP contribution in [0.3, 0.4) is 0 Å². The van der Waals surface area contributed by atoms with E-state index in [1.807, 2.05) is 38.1 Å². The first-order valence-corrected chi connectivity index (χ1v) is 15.5. The zero-order valence-electron chi connectivity index (χ0n) is 23.0. The molecule has 0 bridgehead atoms. The molecule has 0 unspecified atom stereocenters. The molecular formula is C30H36BrN3O5S. The Labute approximate surface area is 245 Å². The second-order valence-corrected chi connectivity index (χ2v) is 12.0. The Bertz CT molecular complexity index is 1350. The van der Waals surface area contributed by atoms with E-state index in [2.05, 4.69) is 21.2 Å². The summed E-state index contributed by atoms with van der Waals surface area (Å²) in [5.74, 6) is -0.244. The van der Waals surface area contributed by atoms with Crippen LogP contribution in [0, 0.1) is 0 Å². The van der Waals surface area contributed by atoms with Gasteiger partial charge in [-0.15, -0.1) is 0 Å². The highest BCUT2D eigenvalue weighted by atomic mass is 79.9. The van der Waals surface area contributed by atoms with E-state index >= 15 is 0 Å². The number of sulfonamides is 1. The molecule has 1 atom stereocenters. The molecule has 0 spiro atoms. The van der Waals surface area contributed by atoms with Gasteiger partial charge in [-0.1, -0.05) is 59.6 Å². The summed E-state index contributed by atoms with van der Waals surface area (Å²) in [7, 11) is -4.13. The zero-order chi connectivity index (χ0) is 29.1. The number of benzene rings is 3. The van der Waals surface area contributed by atoms with Crippen LogP contribution in [-0.4, -0.2) is 50.9 Å². The molecular weight excluding hydrogens is 594 g/mol. The van der Waals surface area contributed by atoms with Gasteiger partial charge in [-0.2, -0.15) is 0 Å². The number of carbonyl (C=O) groups is 2. The lowest BCUT2D eigenvalue weighted by molar-refractivity contribution is -0.139. The number of halogens is 1. The van der Waals surface area contributed by atoms with Crippen LogP contribution in [0.15, 0.2) is 88.2 Å². The fraction of sp³-hybridized carbons (Fsp3) is 0.333. The van der Waals surface area contributed by atoms with E-state index in [9.17, 15) is 18.0 Å². The van der Waals surface area contributed by atoms with Crippen molar-refractivity contribution in [3.05, 3.63) is 88.9 Å². The van der Waals surface area contributed by atoms with Crippen LogP contribution in [0.25, 0.3) is 0 Å². The van der Waals surface area contributed by atoms with Gasteiger partial charge in [0.05, 0.1) is 17.2 Å². The molecule has 0 aliphatic carbocycles. The van der Waals surface area contributed by atoms with Gasteiger partial charge in [0.15, 0.2) is 0 Å². The van der Waals surface area contributed by atoms with E-state index in [1.165, 1.54) is 17.0 Å². The number of nitrogens with one attached hydrogen (secondary N) is 1. The normalized spacial score (nSPS) is 11.9. The van der Waals surface area contributed by atoms with Gasteiger partial charge in [0.1, 0.15) is 18.3 Å². The summed E-state index contributed by atoms with van der Waals surface area (Å²) < 4.78 is 35.2. The molecule has 0 aromatic heterocycles. The van der Waals surface area contributed by atoms with Crippen LogP contribution in [0.1, 0.15) is 39.2 Å². The number of unbranched alkanes of at least 4 members (excludes halogenated alkanes) is 1. The summed E-state index contributed by atoms with van der Waals surface area (Å²) in [5.41, 5.74) is 1.15. The minimum Gasteiger partial charge on any atom is -0.494 e. The van der Waals surface area contributed by atoms with Gasteiger partial charge >= 0.3 is 0 Å². The molecule has 3 aromatic carbocycles. The van der Waals surface area contributed by atoms with Crippen molar-refractivity contribution in [3.63, 3.8) is 0 Å². The average molecular weight is 631 g/mol. The van der Waals surface area contributed by atoms with Crippen LogP contribution in [-0.2, 0) is 26.2 Å². The van der Waals surface area contributed by atoms with Crippen molar-refractivity contribution in [1.82, 2.24) is 10.2 Å². The lowest BCUT2D eigenvalue weighted by atomic mass is 10.1. The number of rotatable bonds is 14. The highest BCUT2D eigenvalue weighted by molar-refractivity contribution is 9.10. The van der Waals surface area contributed by atoms with Crippen LogP contribution in [0.2, 0.25) is 0 Å². The van der Waals surface area contributed by atoms with E-state index in [1.54, 1.807) is 49.4 Å². The average Bonchev–Trinajstić information content (AvgIpc) is 2.96. The molecule has 0 radical (unpaired) electrons. The number of anilines is 1. The minimum atomic E-state index is -4.13. The molecule has 0 saturated heterocycles. The van der Waals surface area contributed by atoms with Crippen molar-refractivity contribution in [3.8, 4) is 5.75 Å². The molecule has 214 valence electrons. The molecule has 0 aliphatic heterocycles. The number of hydrogen-bond donors (Lipinski definition) is 1. The maximum Gasteiger partial charge on any atom is 0.264 e. The molecule has 0 fully saturated rings. The van der Waals surface area contributed by atoms with Crippen molar-refractivity contribution in [2.24, 2.45) is 0 Å². The molecule has 3 rings (SSSR count). The second-order valence-electron chi connectivity index (χ2n) is 9.22. The predicted molar refractivity (Wildman–Crippen MR) is 161 cm³/mol. The zero-order valence-corrected chi connectivity index (χ0v) is 25.4. The Hall–Kier alpha value is -3.37. The van der Waals surface area contributed by atoms with E-state index in [0.717, 1.165) is 27.2 Å². The van der Waals surface area contributed by atoms with Gasteiger partial charge in [-0.25, -0.2) is 8.42 Å². The molecule has 0 saturated carbocycles. The topological polar surface area (TPSA) is 96.0 Å². The van der Waals surface area contributed by atoms with Crippen molar-refractivity contribution in [1.29, 1.82) is 0 Å². The van der Waals surface area contributed by atoms with Gasteiger partial charge in [0.25, 0.3) is 10.0 Å². The third kappa shape index (κ3) is 8.32. The number of hydrogen-bond acceptors (Lipinski definition) is 5. The third-order valence-electron chi connectivity index (χ3n) is 6.31. The van der Waals surface area contributed by atoms with Crippen molar-refractivity contribution >= 4 is 43.5 Å². The van der Waals surface area contributed by atoms with Gasteiger partial charge in [-0.05, 0) is 74.4 Å². The van der Waals surface area contributed by atoms with Gasteiger partial charge in [-0.3, -0.25) is 13.9 Å². The number of amides is 2. The standard InChI is InChI=1S/C30H36BrN3O5S/c1-4-6-20-32-30(36)23(3)33(21-24-12-14-25(31)15-13-24)29(35)22-34(26-10-8-7-9-11-26)40(37,38)28-18-16-27(17-19-28)39-5-2/h7-19,23H,4-6,20-22H2,1-3H3,(H,32,36)/t23-/m1/s1. The summed E-state index contributed by atoms with van der Waals surface area (Å²) in [6.45, 7) is 6.15. The van der Waals surface area contributed by atoms with Crippen molar-refractivity contribution in [2.45, 2.75) is 51.1 Å². The summed E-state index contributed by atoms with van der Waals surface area (Å²) in [6.07, 6.45) is 1.74. The Morgan fingerprint density at radius 3 is 2.20 bits per heavy atom. The van der Waals surface area contributed by atoms with Crippen LogP contribution in [0.5, 0.6) is 5.75 Å². The Balaban J connectivity index is 1.96. The fourth-order valence-corrected chi connectivity index (χ4v) is 5.71. The molecule has 3 aromatic rings. The van der Waals surface area contributed by atoms with E-state index in [-0.39, 0.29) is 17.3 Å². The fourth-order valence-electron chi connectivity index (χ4n) is 4.03. The smallest absolute Gasteiger partial charge is 0.264 e. The first-order valence-electron chi connectivity index (χ1n) is 13.3. The number of para-hydroxylation sites is 1. The minimum absolute atomic E-state index is 0.0254. The molecule has 40 heavy (non-hydrogen) atoms. The molecule has 2 amide bonds. The molecule has 10 heteroatoms. The van der Waals surface area contributed by atoms with Crippen molar-refractivity contribution < 1.29 is 22.7 Å². The summed E-state index contributed by atoms with van der Waals surface area (Å²) in [5, 5.41) is 2.89. The predicted octanol–water partition coefficient (Wildman–Crippen LogP) is 5.38. The maximum atomic E-state index is 13.9. The van der Waals surface area contributed by atoms with Crippen LogP contribution >= 0.6 is 15.9 Å². The molecule has 1 N–H and O–H groups in total. The second kappa shape index (κ2) is 14.9. The maximum absolute atomic E-state index is 13.9. The monoisotopic (exact) mass is 629 g/mol. The molecule has 0 aliphatic rings. The summed E-state index contributed by atoms with van der Waals surface area (Å²) in [4.78, 5) is 28.4. The number of nitrogens with zero attached hydrogens (tertiary/aromatic N) is 2. The highest BCUT2D eigenvalue weighted by Crippen LogP contribution is 2.26. The van der Waals surface area contributed by atoms with E-state index in [0.29, 0.717) is 24.6 Å².